The van der Waals surface area contributed by atoms with E-state index in [1.807, 2.05) is 37.3 Å². The Kier molecular flexibility index (Phi) is 4.85. The number of sulfonamides is 1. The summed E-state index contributed by atoms with van der Waals surface area (Å²) in [4.78, 5) is 0.284. The van der Waals surface area contributed by atoms with Gasteiger partial charge < -0.3 is 0 Å². The summed E-state index contributed by atoms with van der Waals surface area (Å²) in [7, 11) is -3.69. The molecule has 0 aromatic heterocycles. The number of nitrogens with one attached hydrogen (secondary N) is 1. The Labute approximate surface area is 154 Å². The minimum atomic E-state index is -3.69. The molecular weight excluding hydrogens is 410 g/mol. The number of hydrogen-bond donors (Lipinski definition) is 1. The van der Waals surface area contributed by atoms with E-state index in [1.54, 1.807) is 24.3 Å². The summed E-state index contributed by atoms with van der Waals surface area (Å²) >= 11 is 9.58. The van der Waals surface area contributed by atoms with Crippen LogP contribution >= 0.6 is 27.5 Å². The third kappa shape index (κ3) is 3.29. The molecule has 124 valence electrons. The summed E-state index contributed by atoms with van der Waals surface area (Å²) in [5.74, 6) is 0. The molecule has 0 unspecified atom stereocenters. The van der Waals surface area contributed by atoms with Gasteiger partial charge >= 0.3 is 0 Å². The van der Waals surface area contributed by atoms with Crippen molar-refractivity contribution >= 4 is 54.0 Å². The van der Waals surface area contributed by atoms with Crippen LogP contribution in [0, 0.1) is 0 Å². The van der Waals surface area contributed by atoms with Gasteiger partial charge in [-0.1, -0.05) is 58.7 Å². The summed E-state index contributed by atoms with van der Waals surface area (Å²) in [5, 5.41) is 2.17. The average molecular weight is 425 g/mol. The molecule has 0 atom stereocenters. The van der Waals surface area contributed by atoms with Crippen LogP contribution in [0.25, 0.3) is 10.8 Å². The quantitative estimate of drug-likeness (QED) is 0.591. The van der Waals surface area contributed by atoms with Crippen LogP contribution in [-0.4, -0.2) is 8.42 Å². The highest BCUT2D eigenvalue weighted by Gasteiger charge is 2.19. The smallest absolute Gasteiger partial charge is 0.262 e. The van der Waals surface area contributed by atoms with Crippen LogP contribution in [0.4, 0.5) is 5.69 Å². The van der Waals surface area contributed by atoms with Crippen molar-refractivity contribution in [3.63, 3.8) is 0 Å². The molecule has 0 aliphatic heterocycles. The molecule has 0 heterocycles. The second-order valence-electron chi connectivity index (χ2n) is 5.35. The normalized spacial score (nSPS) is 11.6. The monoisotopic (exact) mass is 423 g/mol. The topological polar surface area (TPSA) is 46.2 Å². The van der Waals surface area contributed by atoms with Crippen LogP contribution in [0.15, 0.2) is 64.0 Å². The summed E-state index contributed by atoms with van der Waals surface area (Å²) in [6.07, 6.45) is 0.622. The van der Waals surface area contributed by atoms with Gasteiger partial charge in [-0.15, -0.1) is 0 Å². The molecule has 0 saturated carbocycles. The minimum Gasteiger partial charge on any atom is -0.279 e. The zero-order valence-corrected chi connectivity index (χ0v) is 16.0. The standard InChI is InChI=1S/C18H15BrClNO2S/c1-2-12-11-13(19)7-10-18(12)24(22,23)21-17-9-8-16(20)14-5-3-4-6-15(14)17/h3-11,21H,2H2,1H3. The fourth-order valence-electron chi connectivity index (χ4n) is 2.64. The van der Waals surface area contributed by atoms with Crippen molar-refractivity contribution in [3.05, 3.63) is 69.7 Å². The Morgan fingerprint density at radius 1 is 1.04 bits per heavy atom. The van der Waals surface area contributed by atoms with Gasteiger partial charge in [-0.3, -0.25) is 4.72 Å². The van der Waals surface area contributed by atoms with Crippen molar-refractivity contribution in [1.29, 1.82) is 0 Å². The van der Waals surface area contributed by atoms with E-state index in [0.29, 0.717) is 17.1 Å². The number of hydrogen-bond acceptors (Lipinski definition) is 2. The fourth-order valence-corrected chi connectivity index (χ4v) is 4.65. The Bertz CT molecular complexity index is 1020. The lowest BCUT2D eigenvalue weighted by Gasteiger charge is -2.14. The number of rotatable bonds is 4. The van der Waals surface area contributed by atoms with Gasteiger partial charge in [0.05, 0.1) is 10.6 Å². The number of anilines is 1. The maximum absolute atomic E-state index is 12.9. The highest BCUT2D eigenvalue weighted by molar-refractivity contribution is 9.10. The van der Waals surface area contributed by atoms with Gasteiger partial charge in [0.1, 0.15) is 0 Å². The summed E-state index contributed by atoms with van der Waals surface area (Å²) in [6.45, 7) is 1.93. The maximum atomic E-state index is 12.9. The Balaban J connectivity index is 2.10. The van der Waals surface area contributed by atoms with E-state index >= 15 is 0 Å². The molecule has 1 N–H and O–H groups in total. The summed E-state index contributed by atoms with van der Waals surface area (Å²) in [6, 6.07) is 16.0. The number of benzene rings is 3. The van der Waals surface area contributed by atoms with Gasteiger partial charge in [0, 0.05) is 20.3 Å². The molecule has 3 nitrogen and oxygen atoms in total. The highest BCUT2D eigenvalue weighted by atomic mass is 79.9. The first-order valence-corrected chi connectivity index (χ1v) is 10.1. The van der Waals surface area contributed by atoms with Crippen molar-refractivity contribution in [2.75, 3.05) is 4.72 Å². The fraction of sp³-hybridized carbons (Fsp3) is 0.111. The van der Waals surface area contributed by atoms with Crippen LogP contribution in [0.3, 0.4) is 0 Å². The van der Waals surface area contributed by atoms with Gasteiger partial charge in [-0.05, 0) is 42.3 Å². The van der Waals surface area contributed by atoms with Crippen LogP contribution in [0.1, 0.15) is 12.5 Å². The molecule has 0 fully saturated rings. The van der Waals surface area contributed by atoms with Gasteiger partial charge in [0.15, 0.2) is 0 Å². The number of aryl methyl sites for hydroxylation is 1. The molecule has 0 saturated heterocycles. The molecule has 0 aliphatic rings. The Hall–Kier alpha value is -1.56. The van der Waals surface area contributed by atoms with E-state index in [-0.39, 0.29) is 4.90 Å². The first kappa shape index (κ1) is 17.3. The predicted octanol–water partition coefficient (Wildman–Crippen LogP) is 5.62. The molecule has 6 heteroatoms. The molecule has 0 radical (unpaired) electrons. The van der Waals surface area contributed by atoms with E-state index in [2.05, 4.69) is 20.7 Å². The van der Waals surface area contributed by atoms with Crippen molar-refractivity contribution in [2.24, 2.45) is 0 Å². The predicted molar refractivity (Wildman–Crippen MR) is 103 cm³/mol. The lowest BCUT2D eigenvalue weighted by molar-refractivity contribution is 0.600. The second-order valence-corrected chi connectivity index (χ2v) is 8.33. The average Bonchev–Trinajstić information content (AvgIpc) is 2.57. The van der Waals surface area contributed by atoms with E-state index < -0.39 is 10.0 Å². The van der Waals surface area contributed by atoms with Gasteiger partial charge in [0.25, 0.3) is 10.0 Å². The summed E-state index contributed by atoms with van der Waals surface area (Å²) in [5.41, 5.74) is 1.27. The minimum absolute atomic E-state index is 0.284. The van der Waals surface area contributed by atoms with Crippen LogP contribution in [0.5, 0.6) is 0 Å². The molecule has 3 rings (SSSR count). The van der Waals surface area contributed by atoms with Crippen LogP contribution in [0.2, 0.25) is 5.02 Å². The van der Waals surface area contributed by atoms with E-state index in [4.69, 9.17) is 11.6 Å². The molecule has 0 spiro atoms. The lowest BCUT2D eigenvalue weighted by atomic mass is 10.1. The van der Waals surface area contributed by atoms with Gasteiger partial charge in [-0.25, -0.2) is 8.42 Å². The SMILES string of the molecule is CCc1cc(Br)ccc1S(=O)(=O)Nc1ccc(Cl)c2ccccc12. The van der Waals surface area contributed by atoms with E-state index in [1.165, 1.54) is 0 Å². The lowest BCUT2D eigenvalue weighted by Crippen LogP contribution is -2.15. The maximum Gasteiger partial charge on any atom is 0.262 e. The molecule has 0 bridgehead atoms. The van der Waals surface area contributed by atoms with Crippen LogP contribution in [-0.2, 0) is 16.4 Å². The van der Waals surface area contributed by atoms with Crippen molar-refractivity contribution < 1.29 is 8.42 Å². The molecule has 3 aromatic carbocycles. The third-order valence-electron chi connectivity index (χ3n) is 3.81. The highest BCUT2D eigenvalue weighted by Crippen LogP contribution is 2.32. The molecule has 24 heavy (non-hydrogen) atoms. The van der Waals surface area contributed by atoms with Crippen molar-refractivity contribution in [2.45, 2.75) is 18.2 Å². The number of fused-ring (bicyclic) bond motifs is 1. The van der Waals surface area contributed by atoms with E-state index in [9.17, 15) is 8.42 Å². The Morgan fingerprint density at radius 2 is 1.75 bits per heavy atom. The first-order valence-electron chi connectivity index (χ1n) is 7.41. The van der Waals surface area contributed by atoms with E-state index in [0.717, 1.165) is 20.8 Å². The largest absolute Gasteiger partial charge is 0.279 e. The zero-order chi connectivity index (χ0) is 17.3. The van der Waals surface area contributed by atoms with Crippen LogP contribution < -0.4 is 4.72 Å². The molecule has 0 amide bonds. The molecule has 3 aromatic rings. The van der Waals surface area contributed by atoms with Gasteiger partial charge in [-0.2, -0.15) is 0 Å². The van der Waals surface area contributed by atoms with Gasteiger partial charge in [0.2, 0.25) is 0 Å². The molecule has 0 aliphatic carbocycles. The first-order chi connectivity index (χ1) is 11.4. The zero-order valence-electron chi connectivity index (χ0n) is 12.9. The molecular formula is C18H15BrClNO2S. The third-order valence-corrected chi connectivity index (χ3v) is 6.10. The van der Waals surface area contributed by atoms with Crippen molar-refractivity contribution in [1.82, 2.24) is 0 Å². The Morgan fingerprint density at radius 3 is 2.46 bits per heavy atom. The van der Waals surface area contributed by atoms with Crippen molar-refractivity contribution in [3.8, 4) is 0 Å². The second kappa shape index (κ2) is 6.75. The summed E-state index contributed by atoms with van der Waals surface area (Å²) < 4.78 is 29.3. The number of halogens is 2.